The van der Waals surface area contributed by atoms with Crippen LogP contribution in [0.2, 0.25) is 0 Å². The van der Waals surface area contributed by atoms with E-state index in [4.69, 9.17) is 0 Å². The van der Waals surface area contributed by atoms with Crippen molar-refractivity contribution in [3.05, 3.63) is 64.6 Å². The van der Waals surface area contributed by atoms with Gasteiger partial charge in [-0.3, -0.25) is 4.79 Å². The number of hydrogen-bond acceptors (Lipinski definition) is 4. The van der Waals surface area contributed by atoms with E-state index in [-0.39, 0.29) is 17.3 Å². The Morgan fingerprint density at radius 3 is 2.39 bits per heavy atom. The van der Waals surface area contributed by atoms with Gasteiger partial charge in [-0.1, -0.05) is 46.3 Å². The summed E-state index contributed by atoms with van der Waals surface area (Å²) in [6.07, 6.45) is 1.59. The van der Waals surface area contributed by atoms with E-state index in [0.29, 0.717) is 26.2 Å². The number of halogens is 1. The standard InChI is InChI=1S/C19H21BrN4O3S/c20-17-6-8-18(9-7-17)28(26,27)24-12-10-23(11-13-24)15-19(25)22-21-14-16-4-2-1-3-5-16/h1-9,14H,10-13,15H2,(H,22,25)/p+1/b21-14-. The molecule has 1 heterocycles. The lowest BCUT2D eigenvalue weighted by molar-refractivity contribution is -0.895. The largest absolute Gasteiger partial charge is 0.325 e. The molecule has 1 fully saturated rings. The van der Waals surface area contributed by atoms with E-state index in [1.165, 1.54) is 4.31 Å². The molecule has 1 aliphatic heterocycles. The highest BCUT2D eigenvalue weighted by molar-refractivity contribution is 9.10. The van der Waals surface area contributed by atoms with E-state index in [2.05, 4.69) is 26.5 Å². The molecule has 0 radical (unpaired) electrons. The fraction of sp³-hybridized carbons (Fsp3) is 0.263. The number of quaternary nitrogens is 1. The van der Waals surface area contributed by atoms with Gasteiger partial charge in [0.05, 0.1) is 37.3 Å². The van der Waals surface area contributed by atoms with Crippen LogP contribution in [0.15, 0.2) is 69.1 Å². The minimum atomic E-state index is -3.50. The molecule has 0 atom stereocenters. The van der Waals surface area contributed by atoms with E-state index >= 15 is 0 Å². The van der Waals surface area contributed by atoms with Crippen molar-refractivity contribution in [1.29, 1.82) is 0 Å². The van der Waals surface area contributed by atoms with Crippen LogP contribution < -0.4 is 10.3 Å². The third-order valence-electron chi connectivity index (χ3n) is 4.49. The van der Waals surface area contributed by atoms with Crippen LogP contribution in [0.4, 0.5) is 0 Å². The van der Waals surface area contributed by atoms with Gasteiger partial charge in [0.25, 0.3) is 5.91 Å². The summed E-state index contributed by atoms with van der Waals surface area (Å²) in [5.41, 5.74) is 3.43. The normalized spacial score (nSPS) is 16.3. The van der Waals surface area contributed by atoms with Crippen LogP contribution in [0.5, 0.6) is 0 Å². The lowest BCUT2D eigenvalue weighted by Gasteiger charge is -2.31. The Morgan fingerprint density at radius 1 is 1.11 bits per heavy atom. The lowest BCUT2D eigenvalue weighted by Crippen LogP contribution is -3.15. The SMILES string of the molecule is O=C(C[NH+]1CCN(S(=O)(=O)c2ccc(Br)cc2)CC1)N/N=C\c1ccccc1. The Balaban J connectivity index is 1.48. The summed E-state index contributed by atoms with van der Waals surface area (Å²) < 4.78 is 27.7. The number of sulfonamides is 1. The first-order valence-electron chi connectivity index (χ1n) is 8.91. The predicted molar refractivity (Wildman–Crippen MR) is 111 cm³/mol. The van der Waals surface area contributed by atoms with E-state index in [9.17, 15) is 13.2 Å². The lowest BCUT2D eigenvalue weighted by atomic mass is 10.2. The molecule has 28 heavy (non-hydrogen) atoms. The van der Waals surface area contributed by atoms with Crippen molar-refractivity contribution in [2.75, 3.05) is 32.7 Å². The van der Waals surface area contributed by atoms with Crippen molar-refractivity contribution in [2.24, 2.45) is 5.10 Å². The summed E-state index contributed by atoms with van der Waals surface area (Å²) in [5, 5.41) is 3.96. The quantitative estimate of drug-likeness (QED) is 0.480. The number of carbonyl (C=O) groups is 1. The van der Waals surface area contributed by atoms with Gasteiger partial charge in [0.15, 0.2) is 6.54 Å². The second-order valence-electron chi connectivity index (χ2n) is 6.49. The number of benzene rings is 2. The summed E-state index contributed by atoms with van der Waals surface area (Å²) in [7, 11) is -3.50. The molecule has 1 saturated heterocycles. The van der Waals surface area contributed by atoms with Gasteiger partial charge < -0.3 is 4.90 Å². The number of nitrogens with zero attached hydrogens (tertiary/aromatic N) is 2. The summed E-state index contributed by atoms with van der Waals surface area (Å²) in [6, 6.07) is 16.1. The zero-order valence-corrected chi connectivity index (χ0v) is 17.6. The summed E-state index contributed by atoms with van der Waals surface area (Å²) in [6.45, 7) is 2.18. The molecule has 0 unspecified atom stereocenters. The van der Waals surface area contributed by atoms with Crippen molar-refractivity contribution >= 4 is 38.1 Å². The highest BCUT2D eigenvalue weighted by Crippen LogP contribution is 2.18. The average Bonchev–Trinajstić information content (AvgIpc) is 2.69. The van der Waals surface area contributed by atoms with Crippen LogP contribution in [0.1, 0.15) is 5.56 Å². The van der Waals surface area contributed by atoms with Gasteiger partial charge in [-0.15, -0.1) is 0 Å². The van der Waals surface area contributed by atoms with E-state index in [0.717, 1.165) is 14.9 Å². The van der Waals surface area contributed by atoms with Crippen LogP contribution >= 0.6 is 15.9 Å². The molecule has 7 nitrogen and oxygen atoms in total. The molecule has 9 heteroatoms. The molecule has 0 bridgehead atoms. The Bertz CT molecular complexity index is 925. The third-order valence-corrected chi connectivity index (χ3v) is 6.94. The van der Waals surface area contributed by atoms with Crippen molar-refractivity contribution in [3.63, 3.8) is 0 Å². The minimum absolute atomic E-state index is 0.189. The molecular formula is C19H22BrN4O3S+. The van der Waals surface area contributed by atoms with E-state index in [1.54, 1.807) is 30.5 Å². The molecule has 1 aliphatic rings. The van der Waals surface area contributed by atoms with Crippen LogP contribution in [0, 0.1) is 0 Å². The van der Waals surface area contributed by atoms with Gasteiger partial charge in [0, 0.05) is 4.47 Å². The van der Waals surface area contributed by atoms with Gasteiger partial charge in [-0.2, -0.15) is 9.41 Å². The molecular weight excluding hydrogens is 444 g/mol. The second-order valence-corrected chi connectivity index (χ2v) is 9.34. The summed E-state index contributed by atoms with van der Waals surface area (Å²) in [4.78, 5) is 13.4. The predicted octanol–water partition coefficient (Wildman–Crippen LogP) is 0.489. The molecule has 0 saturated carbocycles. The van der Waals surface area contributed by atoms with Crippen LogP contribution in [-0.2, 0) is 14.8 Å². The molecule has 148 valence electrons. The molecule has 2 aromatic carbocycles. The minimum Gasteiger partial charge on any atom is -0.325 e. The number of carbonyl (C=O) groups excluding carboxylic acids is 1. The van der Waals surface area contributed by atoms with Gasteiger partial charge in [0.1, 0.15) is 0 Å². The third kappa shape index (κ3) is 5.48. The van der Waals surface area contributed by atoms with Crippen molar-refractivity contribution in [2.45, 2.75) is 4.90 Å². The highest BCUT2D eigenvalue weighted by atomic mass is 79.9. The maximum absolute atomic E-state index is 12.7. The van der Waals surface area contributed by atoms with Crippen molar-refractivity contribution < 1.29 is 18.1 Å². The number of amides is 1. The fourth-order valence-corrected chi connectivity index (χ4v) is 4.67. The highest BCUT2D eigenvalue weighted by Gasteiger charge is 2.31. The number of hydrogen-bond donors (Lipinski definition) is 2. The smallest absolute Gasteiger partial charge is 0.295 e. The Morgan fingerprint density at radius 2 is 1.75 bits per heavy atom. The topological polar surface area (TPSA) is 83.3 Å². The van der Waals surface area contributed by atoms with Gasteiger partial charge >= 0.3 is 0 Å². The Kier molecular flexibility index (Phi) is 6.95. The molecule has 0 aliphatic carbocycles. The zero-order valence-electron chi connectivity index (χ0n) is 15.2. The molecule has 3 rings (SSSR count). The average molecular weight is 466 g/mol. The first kappa shape index (κ1) is 20.7. The number of rotatable bonds is 6. The molecule has 1 amide bonds. The maximum Gasteiger partial charge on any atom is 0.295 e. The molecule has 0 aromatic heterocycles. The first-order chi connectivity index (χ1) is 13.4. The maximum atomic E-state index is 12.7. The van der Waals surface area contributed by atoms with Crippen molar-refractivity contribution in [3.8, 4) is 0 Å². The van der Waals surface area contributed by atoms with Gasteiger partial charge in [-0.05, 0) is 29.8 Å². The second kappa shape index (κ2) is 9.42. The van der Waals surface area contributed by atoms with Gasteiger partial charge in [-0.25, -0.2) is 13.8 Å². The van der Waals surface area contributed by atoms with Crippen LogP contribution in [-0.4, -0.2) is 57.6 Å². The summed E-state index contributed by atoms with van der Waals surface area (Å²) >= 11 is 3.31. The zero-order chi connectivity index (χ0) is 20.0. The van der Waals surface area contributed by atoms with Crippen LogP contribution in [0.3, 0.4) is 0 Å². The molecule has 2 aromatic rings. The number of piperazine rings is 1. The summed E-state index contributed by atoms with van der Waals surface area (Å²) in [5.74, 6) is -0.189. The van der Waals surface area contributed by atoms with Crippen LogP contribution in [0.25, 0.3) is 0 Å². The van der Waals surface area contributed by atoms with Crippen molar-refractivity contribution in [1.82, 2.24) is 9.73 Å². The molecule has 0 spiro atoms. The van der Waals surface area contributed by atoms with E-state index in [1.807, 2.05) is 30.3 Å². The number of hydrazone groups is 1. The molecule has 2 N–H and O–H groups in total. The fourth-order valence-electron chi connectivity index (χ4n) is 2.96. The van der Waals surface area contributed by atoms with E-state index < -0.39 is 10.0 Å². The Labute approximate surface area is 173 Å². The Hall–Kier alpha value is -2.07. The monoisotopic (exact) mass is 465 g/mol. The van der Waals surface area contributed by atoms with Gasteiger partial charge in [0.2, 0.25) is 10.0 Å². The number of nitrogens with one attached hydrogen (secondary N) is 2. The first-order valence-corrected chi connectivity index (χ1v) is 11.1.